The molecule has 166 valence electrons. The van der Waals surface area contributed by atoms with Crippen molar-refractivity contribution >= 4 is 37.5 Å². The number of para-hydroxylation sites is 1. The molecule has 31 heavy (non-hydrogen) atoms. The molecule has 0 saturated carbocycles. The second kappa shape index (κ2) is 9.05. The Balaban J connectivity index is 1.30. The highest BCUT2D eigenvalue weighted by Crippen LogP contribution is 2.28. The SMILES string of the molecule is Cc1noc(C)c1S(=O)(=O)N1CCCC(C(=O)NCCCc2nc3ccccc3s2)C1. The molecule has 1 amide bonds. The number of hydrogen-bond donors (Lipinski definition) is 1. The summed E-state index contributed by atoms with van der Waals surface area (Å²) >= 11 is 1.68. The Hall–Kier alpha value is -2.30. The summed E-state index contributed by atoms with van der Waals surface area (Å²) in [5, 5.41) is 7.79. The van der Waals surface area contributed by atoms with E-state index in [1.54, 1.807) is 25.2 Å². The van der Waals surface area contributed by atoms with Crippen molar-refractivity contribution in [2.45, 2.75) is 44.4 Å². The van der Waals surface area contributed by atoms with Crippen molar-refractivity contribution < 1.29 is 17.7 Å². The van der Waals surface area contributed by atoms with Crippen molar-refractivity contribution in [2.75, 3.05) is 19.6 Å². The van der Waals surface area contributed by atoms with E-state index in [4.69, 9.17) is 4.52 Å². The van der Waals surface area contributed by atoms with Gasteiger partial charge in [-0.15, -0.1) is 11.3 Å². The molecule has 1 aliphatic heterocycles. The number of benzene rings is 1. The smallest absolute Gasteiger partial charge is 0.248 e. The van der Waals surface area contributed by atoms with Gasteiger partial charge in [0.05, 0.1) is 21.1 Å². The Bertz CT molecular complexity index is 1130. The van der Waals surface area contributed by atoms with E-state index < -0.39 is 10.0 Å². The molecule has 4 rings (SSSR count). The van der Waals surface area contributed by atoms with Gasteiger partial charge < -0.3 is 9.84 Å². The molecular weight excluding hydrogens is 436 g/mol. The molecule has 1 saturated heterocycles. The number of fused-ring (bicyclic) bond motifs is 1. The van der Waals surface area contributed by atoms with Crippen LogP contribution in [0.3, 0.4) is 0 Å². The first-order chi connectivity index (χ1) is 14.9. The highest BCUT2D eigenvalue weighted by Gasteiger charge is 2.36. The Morgan fingerprint density at radius 1 is 1.32 bits per heavy atom. The predicted octanol–water partition coefficient (Wildman–Crippen LogP) is 3.05. The number of carbonyl (C=O) groups excluding carboxylic acids is 1. The van der Waals surface area contributed by atoms with Gasteiger partial charge in [-0.3, -0.25) is 4.79 Å². The van der Waals surface area contributed by atoms with Gasteiger partial charge >= 0.3 is 0 Å². The van der Waals surface area contributed by atoms with Gasteiger partial charge in [0.1, 0.15) is 10.6 Å². The number of carbonyl (C=O) groups is 1. The Morgan fingerprint density at radius 2 is 2.13 bits per heavy atom. The van der Waals surface area contributed by atoms with E-state index in [9.17, 15) is 13.2 Å². The van der Waals surface area contributed by atoms with E-state index >= 15 is 0 Å². The third-order valence-corrected chi connectivity index (χ3v) is 8.73. The monoisotopic (exact) mass is 462 g/mol. The summed E-state index contributed by atoms with van der Waals surface area (Å²) in [7, 11) is -3.73. The number of piperidine rings is 1. The minimum atomic E-state index is -3.73. The van der Waals surface area contributed by atoms with Gasteiger partial charge in [-0.1, -0.05) is 17.3 Å². The Kier molecular flexibility index (Phi) is 6.40. The summed E-state index contributed by atoms with van der Waals surface area (Å²) in [6, 6.07) is 8.04. The molecule has 0 radical (unpaired) electrons. The minimum Gasteiger partial charge on any atom is -0.360 e. The second-order valence-corrected chi connectivity index (χ2v) is 10.8. The maximum Gasteiger partial charge on any atom is 0.248 e. The normalized spacial score (nSPS) is 17.8. The number of sulfonamides is 1. The largest absolute Gasteiger partial charge is 0.360 e. The quantitative estimate of drug-likeness (QED) is 0.541. The number of aromatic nitrogens is 2. The summed E-state index contributed by atoms with van der Waals surface area (Å²) < 4.78 is 33.7. The Morgan fingerprint density at radius 3 is 2.87 bits per heavy atom. The number of hydrogen-bond acceptors (Lipinski definition) is 7. The fourth-order valence-electron chi connectivity index (χ4n) is 3.97. The van der Waals surface area contributed by atoms with Crippen LogP contribution in [0.2, 0.25) is 0 Å². The zero-order valence-electron chi connectivity index (χ0n) is 17.6. The van der Waals surface area contributed by atoms with Crippen molar-refractivity contribution in [2.24, 2.45) is 5.92 Å². The molecule has 1 atom stereocenters. The van der Waals surface area contributed by atoms with Crippen LogP contribution in [0.1, 0.15) is 35.7 Å². The van der Waals surface area contributed by atoms with Crippen molar-refractivity contribution in [3.8, 4) is 0 Å². The van der Waals surface area contributed by atoms with Crippen LogP contribution in [0, 0.1) is 19.8 Å². The third kappa shape index (κ3) is 4.65. The van der Waals surface area contributed by atoms with Crippen LogP contribution >= 0.6 is 11.3 Å². The van der Waals surface area contributed by atoms with E-state index in [1.165, 1.54) is 9.01 Å². The topological polar surface area (TPSA) is 105 Å². The van der Waals surface area contributed by atoms with Gasteiger partial charge in [-0.05, 0) is 45.2 Å². The van der Waals surface area contributed by atoms with Crippen LogP contribution in [0.15, 0.2) is 33.7 Å². The molecule has 1 fully saturated rings. The van der Waals surface area contributed by atoms with E-state index in [2.05, 4.69) is 21.5 Å². The van der Waals surface area contributed by atoms with E-state index in [-0.39, 0.29) is 29.0 Å². The molecule has 1 unspecified atom stereocenters. The lowest BCUT2D eigenvalue weighted by Crippen LogP contribution is -2.45. The van der Waals surface area contributed by atoms with E-state index in [1.807, 2.05) is 18.2 Å². The van der Waals surface area contributed by atoms with Gasteiger partial charge in [0, 0.05) is 26.1 Å². The molecule has 1 aliphatic rings. The van der Waals surface area contributed by atoms with Gasteiger partial charge in [0.25, 0.3) is 0 Å². The first-order valence-electron chi connectivity index (χ1n) is 10.4. The summed E-state index contributed by atoms with van der Waals surface area (Å²) in [6.07, 6.45) is 2.92. The lowest BCUT2D eigenvalue weighted by atomic mass is 9.99. The molecule has 2 aromatic heterocycles. The molecule has 1 N–H and O–H groups in total. The molecule has 0 aliphatic carbocycles. The maximum atomic E-state index is 13.0. The molecule has 0 spiro atoms. The first kappa shape index (κ1) is 21.9. The fourth-order valence-corrected chi connectivity index (χ4v) is 6.79. The van der Waals surface area contributed by atoms with Crippen molar-refractivity contribution in [1.82, 2.24) is 19.8 Å². The van der Waals surface area contributed by atoms with Crippen LogP contribution in [0.4, 0.5) is 0 Å². The van der Waals surface area contributed by atoms with Gasteiger partial charge in [-0.2, -0.15) is 4.31 Å². The molecule has 3 heterocycles. The van der Waals surface area contributed by atoms with Gasteiger partial charge in [0.2, 0.25) is 15.9 Å². The first-order valence-corrected chi connectivity index (χ1v) is 12.7. The average Bonchev–Trinajstić information content (AvgIpc) is 3.33. The number of nitrogens with zero attached hydrogens (tertiary/aromatic N) is 3. The van der Waals surface area contributed by atoms with Crippen LogP contribution in [0.5, 0.6) is 0 Å². The predicted molar refractivity (Wildman–Crippen MR) is 118 cm³/mol. The number of aryl methyl sites for hydroxylation is 3. The minimum absolute atomic E-state index is 0.0945. The molecule has 1 aromatic carbocycles. The zero-order chi connectivity index (χ0) is 22.0. The van der Waals surface area contributed by atoms with Crippen molar-refractivity contribution in [3.63, 3.8) is 0 Å². The van der Waals surface area contributed by atoms with Gasteiger partial charge in [0.15, 0.2) is 5.76 Å². The summed E-state index contributed by atoms with van der Waals surface area (Å²) in [5.74, 6) is -0.173. The second-order valence-electron chi connectivity index (χ2n) is 7.83. The summed E-state index contributed by atoms with van der Waals surface area (Å²) in [6.45, 7) is 4.32. The lowest BCUT2D eigenvalue weighted by Gasteiger charge is -2.31. The standard InChI is InChI=1S/C21H26N4O4S2/c1-14-20(15(2)29-24-14)31(27,28)25-12-6-7-16(13-25)21(26)22-11-5-10-19-23-17-8-3-4-9-18(17)30-19/h3-4,8-9,16H,5-7,10-13H2,1-2H3,(H,22,26). The highest BCUT2D eigenvalue weighted by atomic mass is 32.2. The summed E-state index contributed by atoms with van der Waals surface area (Å²) in [4.78, 5) is 17.4. The van der Waals surface area contributed by atoms with E-state index in [0.29, 0.717) is 31.6 Å². The number of amides is 1. The van der Waals surface area contributed by atoms with Crippen LogP contribution < -0.4 is 5.32 Å². The van der Waals surface area contributed by atoms with Crippen LogP contribution in [-0.4, -0.2) is 48.4 Å². The van der Waals surface area contributed by atoms with Crippen LogP contribution in [0.25, 0.3) is 10.2 Å². The van der Waals surface area contributed by atoms with Crippen molar-refractivity contribution in [1.29, 1.82) is 0 Å². The van der Waals surface area contributed by atoms with Gasteiger partial charge in [-0.25, -0.2) is 13.4 Å². The molecule has 0 bridgehead atoms. The average molecular weight is 463 g/mol. The Labute approximate surface area is 185 Å². The maximum absolute atomic E-state index is 13.0. The lowest BCUT2D eigenvalue weighted by molar-refractivity contribution is -0.126. The fraction of sp³-hybridized carbons (Fsp3) is 0.476. The molecular formula is C21H26N4O4S2. The number of nitrogens with one attached hydrogen (secondary N) is 1. The number of rotatable bonds is 7. The summed E-state index contributed by atoms with van der Waals surface area (Å²) in [5.41, 5.74) is 1.35. The molecule has 3 aromatic rings. The van der Waals surface area contributed by atoms with E-state index in [0.717, 1.165) is 23.4 Å². The molecule has 8 nitrogen and oxygen atoms in total. The third-order valence-electron chi connectivity index (χ3n) is 5.53. The zero-order valence-corrected chi connectivity index (χ0v) is 19.3. The highest BCUT2D eigenvalue weighted by molar-refractivity contribution is 7.89. The van der Waals surface area contributed by atoms with Crippen molar-refractivity contribution in [3.05, 3.63) is 40.7 Å². The molecule has 10 heteroatoms. The number of thiazole rings is 1. The van der Waals surface area contributed by atoms with Crippen LogP contribution in [-0.2, 0) is 21.2 Å².